The highest BCUT2D eigenvalue weighted by Gasteiger charge is 2.09. The molecule has 9 nitrogen and oxygen atoms in total. The lowest BCUT2D eigenvalue weighted by Gasteiger charge is -2.11. The standard InChI is InChI=1S/C18H18ClN3O6/c1-11-7-15(8-12(2)18(11)19)28-10-17(24)21-20-16(23)9-27-14-5-3-13(4-6-14)22(25)26/h3-8H,9-10H2,1-2H3,(H,20,23)(H,21,24). The van der Waals surface area contributed by atoms with Gasteiger partial charge < -0.3 is 9.47 Å². The van der Waals surface area contributed by atoms with E-state index in [1.807, 2.05) is 13.8 Å². The van der Waals surface area contributed by atoms with Crippen LogP contribution in [0.5, 0.6) is 11.5 Å². The Kier molecular flexibility index (Phi) is 7.16. The van der Waals surface area contributed by atoms with Crippen LogP contribution in [0.15, 0.2) is 36.4 Å². The third kappa shape index (κ3) is 6.13. The monoisotopic (exact) mass is 407 g/mol. The molecule has 0 radical (unpaired) electrons. The zero-order valence-electron chi connectivity index (χ0n) is 15.2. The molecule has 2 aromatic carbocycles. The van der Waals surface area contributed by atoms with Crippen molar-refractivity contribution in [3.63, 3.8) is 0 Å². The van der Waals surface area contributed by atoms with Crippen molar-refractivity contribution in [3.05, 3.63) is 62.7 Å². The van der Waals surface area contributed by atoms with Gasteiger partial charge in [-0.2, -0.15) is 0 Å². The molecule has 0 aliphatic carbocycles. The van der Waals surface area contributed by atoms with E-state index in [1.54, 1.807) is 12.1 Å². The Hall–Kier alpha value is -3.33. The summed E-state index contributed by atoms with van der Waals surface area (Å²) in [4.78, 5) is 33.5. The smallest absolute Gasteiger partial charge is 0.276 e. The summed E-state index contributed by atoms with van der Waals surface area (Å²) < 4.78 is 10.5. The first-order valence-corrected chi connectivity index (χ1v) is 8.48. The highest BCUT2D eigenvalue weighted by atomic mass is 35.5. The van der Waals surface area contributed by atoms with Crippen LogP contribution in [0.25, 0.3) is 0 Å². The summed E-state index contributed by atoms with van der Waals surface area (Å²) in [6.45, 7) is 2.97. The van der Waals surface area contributed by atoms with Gasteiger partial charge in [0.2, 0.25) is 0 Å². The molecule has 0 aromatic heterocycles. The molecule has 2 amide bonds. The molecule has 0 saturated heterocycles. The Morgan fingerprint density at radius 1 is 0.964 bits per heavy atom. The molecule has 10 heteroatoms. The van der Waals surface area contributed by atoms with Crippen molar-refractivity contribution in [1.29, 1.82) is 0 Å². The molecule has 0 aliphatic rings. The number of nitro groups is 1. The average molecular weight is 408 g/mol. The molecule has 0 spiro atoms. The van der Waals surface area contributed by atoms with Gasteiger partial charge in [0, 0.05) is 17.2 Å². The van der Waals surface area contributed by atoms with Gasteiger partial charge in [0.05, 0.1) is 4.92 Å². The predicted molar refractivity (Wildman–Crippen MR) is 101 cm³/mol. The maximum absolute atomic E-state index is 11.8. The Morgan fingerprint density at radius 2 is 1.43 bits per heavy atom. The molecule has 0 fully saturated rings. The lowest BCUT2D eigenvalue weighted by Crippen LogP contribution is -2.45. The quantitative estimate of drug-likeness (QED) is 0.537. The second-order valence-electron chi connectivity index (χ2n) is 5.80. The van der Waals surface area contributed by atoms with E-state index in [0.29, 0.717) is 10.8 Å². The zero-order chi connectivity index (χ0) is 20.7. The number of non-ortho nitro benzene ring substituents is 1. The number of ether oxygens (including phenoxy) is 2. The molecule has 28 heavy (non-hydrogen) atoms. The molecule has 2 N–H and O–H groups in total. The van der Waals surface area contributed by atoms with Crippen molar-refractivity contribution in [3.8, 4) is 11.5 Å². The second-order valence-corrected chi connectivity index (χ2v) is 6.17. The van der Waals surface area contributed by atoms with Gasteiger partial charge >= 0.3 is 0 Å². The SMILES string of the molecule is Cc1cc(OCC(=O)NNC(=O)COc2ccc([N+](=O)[O-])cc2)cc(C)c1Cl. The largest absolute Gasteiger partial charge is 0.484 e. The summed E-state index contributed by atoms with van der Waals surface area (Å²) in [6.07, 6.45) is 0. The van der Waals surface area contributed by atoms with Crippen LogP contribution in [0.2, 0.25) is 5.02 Å². The van der Waals surface area contributed by atoms with E-state index in [4.69, 9.17) is 21.1 Å². The fourth-order valence-electron chi connectivity index (χ4n) is 2.16. The minimum absolute atomic E-state index is 0.0878. The number of hydrogen-bond acceptors (Lipinski definition) is 6. The molecular weight excluding hydrogens is 390 g/mol. The van der Waals surface area contributed by atoms with Crippen LogP contribution >= 0.6 is 11.6 Å². The van der Waals surface area contributed by atoms with Crippen LogP contribution in [0.3, 0.4) is 0 Å². The number of aryl methyl sites for hydroxylation is 2. The van der Waals surface area contributed by atoms with E-state index >= 15 is 0 Å². The number of carbonyl (C=O) groups excluding carboxylic acids is 2. The van der Waals surface area contributed by atoms with Crippen molar-refractivity contribution in [2.24, 2.45) is 0 Å². The van der Waals surface area contributed by atoms with Gasteiger partial charge in [-0.1, -0.05) is 11.6 Å². The molecule has 2 rings (SSSR count). The van der Waals surface area contributed by atoms with Gasteiger partial charge in [-0.05, 0) is 49.2 Å². The number of benzene rings is 2. The number of rotatable bonds is 7. The maximum Gasteiger partial charge on any atom is 0.276 e. The summed E-state index contributed by atoms with van der Waals surface area (Å²) in [5.74, 6) is -0.398. The van der Waals surface area contributed by atoms with Gasteiger partial charge in [0.15, 0.2) is 13.2 Å². The Labute approximate surface area is 165 Å². The van der Waals surface area contributed by atoms with Crippen LogP contribution < -0.4 is 20.3 Å². The van der Waals surface area contributed by atoms with Gasteiger partial charge in [-0.3, -0.25) is 30.6 Å². The van der Waals surface area contributed by atoms with Crippen molar-refractivity contribution >= 4 is 29.1 Å². The van der Waals surface area contributed by atoms with Crippen LogP contribution in [0, 0.1) is 24.0 Å². The number of amides is 2. The van der Waals surface area contributed by atoms with Crippen LogP contribution in [0.4, 0.5) is 5.69 Å². The first-order chi connectivity index (χ1) is 13.3. The molecule has 0 aliphatic heterocycles. The Bertz CT molecular complexity index is 862. The molecule has 2 aromatic rings. The summed E-state index contributed by atoms with van der Waals surface area (Å²) in [5, 5.41) is 11.2. The summed E-state index contributed by atoms with van der Waals surface area (Å²) in [6, 6.07) is 8.67. The van der Waals surface area contributed by atoms with Crippen LogP contribution in [-0.2, 0) is 9.59 Å². The minimum Gasteiger partial charge on any atom is -0.484 e. The number of nitrogens with zero attached hydrogens (tertiary/aromatic N) is 1. The third-order valence-corrected chi connectivity index (χ3v) is 4.13. The number of carbonyl (C=O) groups is 2. The van der Waals surface area contributed by atoms with Crippen molar-refractivity contribution < 1.29 is 24.0 Å². The average Bonchev–Trinajstić information content (AvgIpc) is 2.67. The Morgan fingerprint density at radius 3 is 1.89 bits per heavy atom. The fraction of sp³-hybridized carbons (Fsp3) is 0.222. The van der Waals surface area contributed by atoms with Crippen LogP contribution in [-0.4, -0.2) is 30.0 Å². The first kappa shape index (κ1) is 21.0. The van der Waals surface area contributed by atoms with Crippen LogP contribution in [0.1, 0.15) is 11.1 Å². The number of hydrazine groups is 1. The fourth-order valence-corrected chi connectivity index (χ4v) is 2.27. The maximum atomic E-state index is 11.8. The molecule has 0 unspecified atom stereocenters. The van der Waals surface area contributed by atoms with Gasteiger partial charge in [0.1, 0.15) is 11.5 Å². The number of hydrogen-bond donors (Lipinski definition) is 2. The first-order valence-electron chi connectivity index (χ1n) is 8.10. The summed E-state index contributed by atoms with van der Waals surface area (Å²) >= 11 is 6.07. The van der Waals surface area contributed by atoms with Gasteiger partial charge in [-0.25, -0.2) is 0 Å². The third-order valence-electron chi connectivity index (χ3n) is 3.54. The number of halogens is 1. The van der Waals surface area contributed by atoms with E-state index in [-0.39, 0.29) is 24.7 Å². The molecular formula is C18H18ClN3O6. The molecule has 0 saturated carbocycles. The zero-order valence-corrected chi connectivity index (χ0v) is 15.9. The minimum atomic E-state index is -0.607. The lowest BCUT2D eigenvalue weighted by atomic mass is 10.1. The molecule has 0 heterocycles. The van der Waals surface area contributed by atoms with Crippen molar-refractivity contribution in [1.82, 2.24) is 10.9 Å². The summed E-state index contributed by atoms with van der Waals surface area (Å²) in [7, 11) is 0. The number of nitrogens with one attached hydrogen (secondary N) is 2. The second kappa shape index (κ2) is 9.56. The molecule has 148 valence electrons. The van der Waals surface area contributed by atoms with E-state index in [1.165, 1.54) is 24.3 Å². The van der Waals surface area contributed by atoms with E-state index in [0.717, 1.165) is 11.1 Å². The highest BCUT2D eigenvalue weighted by molar-refractivity contribution is 6.32. The normalized spacial score (nSPS) is 10.1. The summed E-state index contributed by atoms with van der Waals surface area (Å²) in [5.41, 5.74) is 5.94. The lowest BCUT2D eigenvalue weighted by molar-refractivity contribution is -0.384. The topological polar surface area (TPSA) is 120 Å². The van der Waals surface area contributed by atoms with Crippen molar-refractivity contribution in [2.45, 2.75) is 13.8 Å². The molecule has 0 atom stereocenters. The number of nitro benzene ring substituents is 1. The van der Waals surface area contributed by atoms with Crippen molar-refractivity contribution in [2.75, 3.05) is 13.2 Å². The van der Waals surface area contributed by atoms with E-state index in [9.17, 15) is 19.7 Å². The van der Waals surface area contributed by atoms with Gasteiger partial charge in [0.25, 0.3) is 17.5 Å². The highest BCUT2D eigenvalue weighted by Crippen LogP contribution is 2.25. The predicted octanol–water partition coefficient (Wildman–Crippen LogP) is 2.47. The Balaban J connectivity index is 1.72. The van der Waals surface area contributed by atoms with E-state index in [2.05, 4.69) is 10.9 Å². The van der Waals surface area contributed by atoms with E-state index < -0.39 is 16.7 Å². The van der Waals surface area contributed by atoms with Gasteiger partial charge in [-0.15, -0.1) is 0 Å². The molecule has 0 bridgehead atoms.